The molecule has 28 heavy (non-hydrogen) atoms. The molecule has 0 aromatic carbocycles. The molecule has 2 aliphatic carbocycles. The van der Waals surface area contributed by atoms with Crippen LogP contribution in [-0.2, 0) is 14.1 Å². The molecule has 0 aliphatic heterocycles. The molecule has 0 bridgehead atoms. The van der Waals surface area contributed by atoms with Gasteiger partial charge in [-0.1, -0.05) is 30.7 Å². The second-order valence-corrected chi connectivity index (χ2v) is 9.82. The fourth-order valence-corrected chi connectivity index (χ4v) is 5.93. The molecular weight excluding hydrogens is 482 g/mol. The molecule has 0 aromatic heterocycles. The van der Waals surface area contributed by atoms with Gasteiger partial charge >= 0.3 is 5.97 Å². The van der Waals surface area contributed by atoms with Crippen LogP contribution >= 0.6 is 28.5 Å². The molecule has 6 atom stereocenters. The first-order valence-electron chi connectivity index (χ1n) is 10.4. The van der Waals surface area contributed by atoms with E-state index in [0.717, 1.165) is 31.6 Å². The molecule has 0 spiro atoms. The average Bonchev–Trinajstić information content (AvgIpc) is 3.21. The summed E-state index contributed by atoms with van der Waals surface area (Å²) in [7, 11) is 1.46. The number of carbonyl (C=O) groups excluding carboxylic acids is 1. The van der Waals surface area contributed by atoms with Crippen LogP contribution in [0.1, 0.15) is 65.2 Å². The molecule has 3 nitrogen and oxygen atoms in total. The number of allylic oxidation sites excluding steroid dienone is 3. The first kappa shape index (κ1) is 23.9. The molecule has 0 amide bonds. The van der Waals surface area contributed by atoms with Crippen LogP contribution in [0.5, 0.6) is 0 Å². The average molecular weight is 516 g/mol. The number of carbonyl (C=O) groups is 1. The van der Waals surface area contributed by atoms with Crippen LogP contribution in [0.25, 0.3) is 0 Å². The molecule has 0 saturated heterocycles. The third kappa shape index (κ3) is 7.47. The van der Waals surface area contributed by atoms with Crippen molar-refractivity contribution in [1.29, 1.82) is 0 Å². The van der Waals surface area contributed by atoms with Gasteiger partial charge in [0.2, 0.25) is 0 Å². The minimum absolute atomic E-state index is 0.106. The Bertz CT molecular complexity index is 619. The highest BCUT2D eigenvalue weighted by Gasteiger charge is 2.46. The SMILES string of the molecule is CC#CCC(C)C/C=C/C1[C@H]2CC(=CCCCC(=O)OC)C[C@H]2C[C@H]1OPI. The third-order valence-corrected chi connectivity index (χ3v) is 7.21. The monoisotopic (exact) mass is 516 g/mol. The Hall–Kier alpha value is -0.370. The molecule has 2 saturated carbocycles. The van der Waals surface area contributed by atoms with Crippen molar-refractivity contribution in [3.63, 3.8) is 0 Å². The number of unbranched alkanes of at least 4 members (excludes halogenated alkanes) is 1. The van der Waals surface area contributed by atoms with E-state index in [9.17, 15) is 4.79 Å². The summed E-state index contributed by atoms with van der Waals surface area (Å²) in [4.78, 5) is 11.2. The lowest BCUT2D eigenvalue weighted by Crippen LogP contribution is -2.17. The van der Waals surface area contributed by atoms with Gasteiger partial charge in [-0.2, -0.15) is 0 Å². The number of methoxy groups -OCH3 is 1. The zero-order valence-electron chi connectivity index (χ0n) is 17.4. The zero-order chi connectivity index (χ0) is 20.4. The van der Waals surface area contributed by atoms with Crippen LogP contribution < -0.4 is 0 Å². The number of rotatable bonds is 10. The summed E-state index contributed by atoms with van der Waals surface area (Å²) in [5.74, 6) is 8.69. The summed E-state index contributed by atoms with van der Waals surface area (Å²) in [5, 5.41) is 0. The molecule has 3 unspecified atom stereocenters. The molecule has 156 valence electrons. The fourth-order valence-electron chi connectivity index (χ4n) is 4.58. The minimum atomic E-state index is -0.106. The van der Waals surface area contributed by atoms with E-state index in [0.29, 0.717) is 36.7 Å². The number of fused-ring (bicyclic) bond motifs is 1. The quantitative estimate of drug-likeness (QED) is 0.0817. The summed E-state index contributed by atoms with van der Waals surface area (Å²) >= 11 is 2.35. The Morgan fingerprint density at radius 1 is 1.43 bits per heavy atom. The number of halogens is 1. The maximum atomic E-state index is 11.2. The fraction of sp³-hybridized carbons (Fsp3) is 0.696. The van der Waals surface area contributed by atoms with Crippen LogP contribution in [0, 0.1) is 35.5 Å². The lowest BCUT2D eigenvalue weighted by Gasteiger charge is -2.20. The second-order valence-electron chi connectivity index (χ2n) is 8.11. The smallest absolute Gasteiger partial charge is 0.305 e. The topological polar surface area (TPSA) is 35.5 Å². The van der Waals surface area contributed by atoms with Gasteiger partial charge in [0, 0.05) is 18.8 Å². The Balaban J connectivity index is 1.90. The largest absolute Gasteiger partial charge is 0.469 e. The van der Waals surface area contributed by atoms with Crippen molar-refractivity contribution < 1.29 is 14.1 Å². The molecule has 5 heteroatoms. The van der Waals surface area contributed by atoms with E-state index in [1.54, 1.807) is 5.57 Å². The van der Waals surface area contributed by atoms with Crippen LogP contribution in [0.4, 0.5) is 0 Å². The van der Waals surface area contributed by atoms with Crippen molar-refractivity contribution in [3.05, 3.63) is 23.8 Å². The molecule has 2 rings (SSSR count). The molecule has 0 heterocycles. The van der Waals surface area contributed by atoms with Gasteiger partial charge in [-0.3, -0.25) is 4.79 Å². The molecule has 2 fully saturated rings. The highest BCUT2D eigenvalue weighted by molar-refractivity contribution is 14.2. The van der Waals surface area contributed by atoms with Crippen LogP contribution in [0.15, 0.2) is 23.8 Å². The number of hydrogen-bond acceptors (Lipinski definition) is 3. The van der Waals surface area contributed by atoms with Crippen molar-refractivity contribution in [3.8, 4) is 11.8 Å². The van der Waals surface area contributed by atoms with Gasteiger partial charge in [0.15, 0.2) is 0 Å². The summed E-state index contributed by atoms with van der Waals surface area (Å²) < 4.78 is 10.8. The predicted octanol–water partition coefficient (Wildman–Crippen LogP) is 6.63. The molecular formula is C23H34IO3P. The first-order chi connectivity index (χ1) is 13.6. The van der Waals surface area contributed by atoms with Gasteiger partial charge in [-0.15, -0.1) is 11.8 Å². The van der Waals surface area contributed by atoms with Gasteiger partial charge in [0.05, 0.1) is 19.7 Å². The molecule has 2 aliphatic rings. The van der Waals surface area contributed by atoms with E-state index < -0.39 is 0 Å². The van der Waals surface area contributed by atoms with Gasteiger partial charge < -0.3 is 9.26 Å². The van der Waals surface area contributed by atoms with Crippen LogP contribution in [-0.4, -0.2) is 19.2 Å². The Morgan fingerprint density at radius 2 is 2.25 bits per heavy atom. The van der Waals surface area contributed by atoms with E-state index in [4.69, 9.17) is 9.26 Å². The van der Waals surface area contributed by atoms with Crippen molar-refractivity contribution in [2.45, 2.75) is 71.3 Å². The second kappa shape index (κ2) is 13.0. The molecule has 0 radical (unpaired) electrons. The van der Waals surface area contributed by atoms with Crippen molar-refractivity contribution >= 4 is 34.5 Å². The van der Waals surface area contributed by atoms with Gasteiger partial charge in [-0.25, -0.2) is 0 Å². The summed E-state index contributed by atoms with van der Waals surface area (Å²) in [6.45, 7) is 4.72. The lowest BCUT2D eigenvalue weighted by molar-refractivity contribution is -0.140. The third-order valence-electron chi connectivity index (χ3n) is 6.05. The van der Waals surface area contributed by atoms with E-state index >= 15 is 0 Å². The van der Waals surface area contributed by atoms with E-state index in [1.807, 2.05) is 6.92 Å². The summed E-state index contributed by atoms with van der Waals surface area (Å²) in [5.41, 5.74) is 1.58. The minimum Gasteiger partial charge on any atom is -0.469 e. The van der Waals surface area contributed by atoms with E-state index in [1.165, 1.54) is 26.4 Å². The van der Waals surface area contributed by atoms with Crippen molar-refractivity contribution in [2.75, 3.05) is 7.11 Å². The van der Waals surface area contributed by atoms with Crippen molar-refractivity contribution in [2.24, 2.45) is 23.7 Å². The van der Waals surface area contributed by atoms with Crippen molar-refractivity contribution in [1.82, 2.24) is 0 Å². The predicted molar refractivity (Wildman–Crippen MR) is 126 cm³/mol. The Kier molecular flexibility index (Phi) is 11.1. The maximum absolute atomic E-state index is 11.2. The van der Waals surface area contributed by atoms with Crippen LogP contribution in [0.3, 0.4) is 0 Å². The number of hydrogen-bond donors (Lipinski definition) is 0. The van der Waals surface area contributed by atoms with Gasteiger partial charge in [0.25, 0.3) is 0 Å². The lowest BCUT2D eigenvalue weighted by atomic mass is 9.90. The van der Waals surface area contributed by atoms with E-state index in [2.05, 4.69) is 59.0 Å². The maximum Gasteiger partial charge on any atom is 0.305 e. The van der Waals surface area contributed by atoms with E-state index in [-0.39, 0.29) is 5.97 Å². The van der Waals surface area contributed by atoms with Crippen LogP contribution in [0.2, 0.25) is 0 Å². The Morgan fingerprint density at radius 3 is 2.96 bits per heavy atom. The summed E-state index contributed by atoms with van der Waals surface area (Å²) in [6.07, 6.45) is 15.6. The number of ether oxygens (including phenoxy) is 1. The zero-order valence-corrected chi connectivity index (χ0v) is 20.5. The van der Waals surface area contributed by atoms with Gasteiger partial charge in [-0.05, 0) is 85.2 Å². The first-order valence-corrected chi connectivity index (χ1v) is 14.4. The summed E-state index contributed by atoms with van der Waals surface area (Å²) in [6, 6.07) is 0. The number of esters is 1. The standard InChI is InChI=1S/C23H34IO3P/c1-4-5-9-17(2)10-8-12-20-21-15-18(11-6-7-13-23(25)26-3)14-19(21)16-22(20)27-28-24/h8,11-12,17,19-22,28H,6-7,9-10,13-16H2,1-3H3/b12-8+,18-11?/t17?,19-,20?,21-,22+/m0/s1. The highest BCUT2D eigenvalue weighted by Crippen LogP contribution is 2.53. The highest BCUT2D eigenvalue weighted by atomic mass is 127. The molecule has 0 aromatic rings. The van der Waals surface area contributed by atoms with Gasteiger partial charge in [0.1, 0.15) is 0 Å². The Labute approximate surface area is 185 Å². The normalized spacial score (nSPS) is 29.4. The molecule has 0 N–H and O–H groups in total.